The Balaban J connectivity index is 3.15. The molecule has 0 bridgehead atoms. The molecule has 2 N–H and O–H groups in total. The van der Waals surface area contributed by atoms with E-state index in [2.05, 4.69) is 4.98 Å². The van der Waals surface area contributed by atoms with E-state index in [1.165, 1.54) is 6.20 Å². The predicted octanol–water partition coefficient (Wildman–Crippen LogP) is 0.737. The normalized spacial score (nSPS) is 13.0. The van der Waals surface area contributed by atoms with Gasteiger partial charge in [0.05, 0.1) is 6.10 Å². The molecule has 60 valence electrons. The number of aliphatic hydroxyl groups excluding tert-OH is 1. The summed E-state index contributed by atoms with van der Waals surface area (Å²) in [6.45, 7) is 3.37. The van der Waals surface area contributed by atoms with Gasteiger partial charge in [0, 0.05) is 11.8 Å². The Bertz CT molecular complexity index is 301. The highest BCUT2D eigenvalue weighted by Crippen LogP contribution is 2.08. The predicted molar refractivity (Wildman–Crippen MR) is 42.4 cm³/mol. The molecule has 3 heteroatoms. The maximum Gasteiger partial charge on any atom is 0.250 e. The van der Waals surface area contributed by atoms with E-state index in [0.717, 1.165) is 5.56 Å². The number of rotatable bonds is 1. The van der Waals surface area contributed by atoms with Crippen LogP contribution in [0.4, 0.5) is 0 Å². The molecule has 0 saturated heterocycles. The summed E-state index contributed by atoms with van der Waals surface area (Å²) in [5, 5.41) is 9.12. The van der Waals surface area contributed by atoms with Crippen LogP contribution in [0.5, 0.6) is 0 Å². The standard InChI is InChI=1S/C8H11NO2/c1-5-3-7(6(2)10)4-9-8(5)11/h3-4,6,10H,1-2H3,(H,9,11). The molecule has 0 aromatic carbocycles. The zero-order chi connectivity index (χ0) is 8.43. The topological polar surface area (TPSA) is 53.1 Å². The monoisotopic (exact) mass is 153 g/mol. The SMILES string of the molecule is Cc1cc(C(C)O)c[nH]c1=O. The molecule has 1 aromatic rings. The Morgan fingerprint density at radius 3 is 2.73 bits per heavy atom. The van der Waals surface area contributed by atoms with E-state index in [1.54, 1.807) is 19.9 Å². The number of H-pyrrole nitrogens is 1. The zero-order valence-electron chi connectivity index (χ0n) is 6.59. The molecule has 0 aliphatic rings. The Hall–Kier alpha value is -1.09. The van der Waals surface area contributed by atoms with E-state index in [1.807, 2.05) is 0 Å². The minimum Gasteiger partial charge on any atom is -0.389 e. The van der Waals surface area contributed by atoms with Gasteiger partial charge in [0.1, 0.15) is 0 Å². The molecule has 0 amide bonds. The molecule has 1 atom stereocenters. The van der Waals surface area contributed by atoms with E-state index in [9.17, 15) is 4.79 Å². The summed E-state index contributed by atoms with van der Waals surface area (Å²) in [5.74, 6) is 0. The van der Waals surface area contributed by atoms with Gasteiger partial charge in [-0.15, -0.1) is 0 Å². The lowest BCUT2D eigenvalue weighted by Gasteiger charge is -2.03. The third-order valence-electron chi connectivity index (χ3n) is 1.59. The Morgan fingerprint density at radius 2 is 2.27 bits per heavy atom. The van der Waals surface area contributed by atoms with E-state index < -0.39 is 6.10 Å². The zero-order valence-corrected chi connectivity index (χ0v) is 6.59. The smallest absolute Gasteiger partial charge is 0.250 e. The molecule has 3 nitrogen and oxygen atoms in total. The second kappa shape index (κ2) is 2.88. The van der Waals surface area contributed by atoms with Crippen LogP contribution in [-0.4, -0.2) is 10.1 Å². The molecular weight excluding hydrogens is 142 g/mol. The van der Waals surface area contributed by atoms with Crippen molar-refractivity contribution in [2.45, 2.75) is 20.0 Å². The molecule has 0 spiro atoms. The summed E-state index contributed by atoms with van der Waals surface area (Å²) in [5.41, 5.74) is 1.26. The fraction of sp³-hybridized carbons (Fsp3) is 0.375. The number of nitrogens with one attached hydrogen (secondary N) is 1. The van der Waals surface area contributed by atoms with Crippen LogP contribution < -0.4 is 5.56 Å². The van der Waals surface area contributed by atoms with Crippen LogP contribution in [0.3, 0.4) is 0 Å². The number of aromatic nitrogens is 1. The molecule has 0 fully saturated rings. The number of aromatic amines is 1. The van der Waals surface area contributed by atoms with Gasteiger partial charge < -0.3 is 10.1 Å². The first kappa shape index (κ1) is 8.01. The number of aryl methyl sites for hydroxylation is 1. The Labute approximate surface area is 64.7 Å². The van der Waals surface area contributed by atoms with Crippen molar-refractivity contribution in [2.24, 2.45) is 0 Å². The number of hydrogen-bond donors (Lipinski definition) is 2. The quantitative estimate of drug-likeness (QED) is 0.625. The summed E-state index contributed by atoms with van der Waals surface area (Å²) in [6, 6.07) is 1.68. The van der Waals surface area contributed by atoms with E-state index in [-0.39, 0.29) is 5.56 Å². The Morgan fingerprint density at radius 1 is 1.64 bits per heavy atom. The molecule has 1 unspecified atom stereocenters. The van der Waals surface area contributed by atoms with E-state index >= 15 is 0 Å². The minimum absolute atomic E-state index is 0.102. The van der Waals surface area contributed by atoms with Crippen molar-refractivity contribution in [1.82, 2.24) is 4.98 Å². The van der Waals surface area contributed by atoms with Crippen LogP contribution in [-0.2, 0) is 0 Å². The lowest BCUT2D eigenvalue weighted by molar-refractivity contribution is 0.198. The van der Waals surface area contributed by atoms with Gasteiger partial charge >= 0.3 is 0 Å². The van der Waals surface area contributed by atoms with Gasteiger partial charge in [0.25, 0.3) is 5.56 Å². The van der Waals surface area contributed by atoms with Crippen LogP contribution in [0.2, 0.25) is 0 Å². The molecule has 0 saturated carbocycles. The second-order valence-corrected chi connectivity index (χ2v) is 2.62. The molecule has 1 rings (SSSR count). The van der Waals surface area contributed by atoms with Gasteiger partial charge in [-0.05, 0) is 25.5 Å². The van der Waals surface area contributed by atoms with Crippen LogP contribution in [0.25, 0.3) is 0 Å². The van der Waals surface area contributed by atoms with Gasteiger partial charge in [-0.3, -0.25) is 4.79 Å². The maximum absolute atomic E-state index is 10.9. The first-order valence-electron chi connectivity index (χ1n) is 3.48. The second-order valence-electron chi connectivity index (χ2n) is 2.62. The van der Waals surface area contributed by atoms with Gasteiger partial charge in [-0.1, -0.05) is 0 Å². The highest BCUT2D eigenvalue weighted by molar-refractivity contribution is 5.18. The molecule has 1 aromatic heterocycles. The number of pyridine rings is 1. The fourth-order valence-electron chi connectivity index (χ4n) is 0.861. The largest absolute Gasteiger partial charge is 0.389 e. The third-order valence-corrected chi connectivity index (χ3v) is 1.59. The van der Waals surface area contributed by atoms with Crippen LogP contribution in [0, 0.1) is 6.92 Å². The van der Waals surface area contributed by atoms with E-state index in [4.69, 9.17) is 5.11 Å². The first-order chi connectivity index (χ1) is 5.11. The molecule has 11 heavy (non-hydrogen) atoms. The molecule has 0 aliphatic carbocycles. The van der Waals surface area contributed by atoms with Crippen molar-refractivity contribution in [2.75, 3.05) is 0 Å². The van der Waals surface area contributed by atoms with Crippen molar-refractivity contribution in [3.63, 3.8) is 0 Å². The summed E-state index contributed by atoms with van der Waals surface area (Å²) in [7, 11) is 0. The highest BCUT2D eigenvalue weighted by atomic mass is 16.3. The highest BCUT2D eigenvalue weighted by Gasteiger charge is 2.01. The lowest BCUT2D eigenvalue weighted by Crippen LogP contribution is -2.09. The summed E-state index contributed by atoms with van der Waals surface area (Å²) < 4.78 is 0. The average molecular weight is 153 g/mol. The summed E-state index contributed by atoms with van der Waals surface area (Å²) in [6.07, 6.45) is 1.01. The maximum atomic E-state index is 10.9. The van der Waals surface area contributed by atoms with Crippen LogP contribution >= 0.6 is 0 Å². The molecule has 0 aliphatic heterocycles. The van der Waals surface area contributed by atoms with Crippen molar-refractivity contribution in [3.05, 3.63) is 33.7 Å². The molecule has 1 heterocycles. The van der Waals surface area contributed by atoms with Gasteiger partial charge in [-0.25, -0.2) is 0 Å². The molecule has 0 radical (unpaired) electrons. The fourth-order valence-corrected chi connectivity index (χ4v) is 0.861. The number of aliphatic hydroxyl groups is 1. The van der Waals surface area contributed by atoms with Crippen molar-refractivity contribution in [3.8, 4) is 0 Å². The minimum atomic E-state index is -0.523. The molecular formula is C8H11NO2. The van der Waals surface area contributed by atoms with Crippen molar-refractivity contribution < 1.29 is 5.11 Å². The van der Waals surface area contributed by atoms with Gasteiger partial charge in [0.2, 0.25) is 0 Å². The summed E-state index contributed by atoms with van der Waals surface area (Å²) in [4.78, 5) is 13.4. The van der Waals surface area contributed by atoms with Crippen molar-refractivity contribution in [1.29, 1.82) is 0 Å². The van der Waals surface area contributed by atoms with Crippen LogP contribution in [0.15, 0.2) is 17.1 Å². The summed E-state index contributed by atoms with van der Waals surface area (Å²) >= 11 is 0. The Kier molecular flexibility index (Phi) is 2.10. The van der Waals surface area contributed by atoms with Gasteiger partial charge in [-0.2, -0.15) is 0 Å². The lowest BCUT2D eigenvalue weighted by atomic mass is 10.1. The first-order valence-corrected chi connectivity index (χ1v) is 3.48. The average Bonchev–Trinajstić information content (AvgIpc) is 1.94. The third kappa shape index (κ3) is 1.68. The van der Waals surface area contributed by atoms with Gasteiger partial charge in [0.15, 0.2) is 0 Å². The number of hydrogen-bond acceptors (Lipinski definition) is 2. The van der Waals surface area contributed by atoms with Crippen LogP contribution in [0.1, 0.15) is 24.2 Å². The van der Waals surface area contributed by atoms with E-state index in [0.29, 0.717) is 5.56 Å². The van der Waals surface area contributed by atoms with Crippen molar-refractivity contribution >= 4 is 0 Å².